The standard InChI is InChI=1S/C17H24N2O3/c1-12-8-13(2)17(14(3)9-12)22-11-15(20)18-10-16(21)19-6-4-5-7-19/h8-9H,4-7,10-11H2,1-3H3,(H,18,20). The van der Waals surface area contributed by atoms with Crippen LogP contribution in [0.1, 0.15) is 29.5 Å². The first-order valence-electron chi connectivity index (χ1n) is 7.72. The lowest BCUT2D eigenvalue weighted by Crippen LogP contribution is -2.40. The molecule has 1 fully saturated rings. The van der Waals surface area contributed by atoms with Gasteiger partial charge in [-0.2, -0.15) is 0 Å². The van der Waals surface area contributed by atoms with Crippen LogP contribution in [0.3, 0.4) is 0 Å². The Hall–Kier alpha value is -2.04. The minimum Gasteiger partial charge on any atom is -0.483 e. The van der Waals surface area contributed by atoms with E-state index in [0.29, 0.717) is 0 Å². The largest absolute Gasteiger partial charge is 0.483 e. The van der Waals surface area contributed by atoms with Crippen molar-refractivity contribution in [3.05, 3.63) is 28.8 Å². The molecule has 5 nitrogen and oxygen atoms in total. The molecule has 0 bridgehead atoms. The number of hydrogen-bond acceptors (Lipinski definition) is 3. The Balaban J connectivity index is 1.79. The van der Waals surface area contributed by atoms with Gasteiger partial charge < -0.3 is 15.0 Å². The van der Waals surface area contributed by atoms with Crippen molar-refractivity contribution < 1.29 is 14.3 Å². The predicted molar refractivity (Wildman–Crippen MR) is 85.0 cm³/mol. The van der Waals surface area contributed by atoms with Crippen LogP contribution in [0.2, 0.25) is 0 Å². The first-order chi connectivity index (χ1) is 10.5. The molecule has 2 rings (SSSR count). The molecule has 0 aromatic heterocycles. The third kappa shape index (κ3) is 4.23. The first-order valence-corrected chi connectivity index (χ1v) is 7.72. The van der Waals surface area contributed by atoms with Gasteiger partial charge in [0, 0.05) is 13.1 Å². The molecule has 1 saturated heterocycles. The lowest BCUT2D eigenvalue weighted by atomic mass is 10.1. The predicted octanol–water partition coefficient (Wildman–Crippen LogP) is 1.73. The van der Waals surface area contributed by atoms with Crippen molar-refractivity contribution in [2.45, 2.75) is 33.6 Å². The van der Waals surface area contributed by atoms with Crippen LogP contribution in [0.5, 0.6) is 5.75 Å². The van der Waals surface area contributed by atoms with Gasteiger partial charge in [-0.15, -0.1) is 0 Å². The molecular formula is C17H24N2O3. The number of aryl methyl sites for hydroxylation is 3. The van der Waals surface area contributed by atoms with Gasteiger partial charge in [0.2, 0.25) is 5.91 Å². The molecule has 1 aliphatic rings. The van der Waals surface area contributed by atoms with E-state index in [-0.39, 0.29) is 25.0 Å². The quantitative estimate of drug-likeness (QED) is 0.901. The highest BCUT2D eigenvalue weighted by Gasteiger charge is 2.18. The molecule has 0 atom stereocenters. The Bertz CT molecular complexity index is 540. The summed E-state index contributed by atoms with van der Waals surface area (Å²) >= 11 is 0. The molecule has 0 radical (unpaired) electrons. The summed E-state index contributed by atoms with van der Waals surface area (Å²) in [7, 11) is 0. The van der Waals surface area contributed by atoms with E-state index < -0.39 is 0 Å². The molecule has 0 saturated carbocycles. The van der Waals surface area contributed by atoms with Gasteiger partial charge in [0.25, 0.3) is 5.91 Å². The first kappa shape index (κ1) is 16.3. The Morgan fingerprint density at radius 3 is 2.32 bits per heavy atom. The number of ether oxygens (including phenoxy) is 1. The minimum atomic E-state index is -0.271. The normalized spacial score (nSPS) is 14.0. The molecule has 1 aromatic carbocycles. The van der Waals surface area contributed by atoms with Gasteiger partial charge in [-0.3, -0.25) is 9.59 Å². The van der Waals surface area contributed by atoms with Gasteiger partial charge in [-0.05, 0) is 44.7 Å². The van der Waals surface area contributed by atoms with Crippen LogP contribution in [0.15, 0.2) is 12.1 Å². The number of hydrogen-bond donors (Lipinski definition) is 1. The Morgan fingerprint density at radius 1 is 1.14 bits per heavy atom. The van der Waals surface area contributed by atoms with Gasteiger partial charge >= 0.3 is 0 Å². The van der Waals surface area contributed by atoms with Crippen LogP contribution >= 0.6 is 0 Å². The fourth-order valence-corrected chi connectivity index (χ4v) is 2.84. The lowest BCUT2D eigenvalue weighted by Gasteiger charge is -2.16. The van der Waals surface area contributed by atoms with Crippen molar-refractivity contribution in [1.29, 1.82) is 0 Å². The monoisotopic (exact) mass is 304 g/mol. The zero-order valence-electron chi connectivity index (χ0n) is 13.6. The molecule has 1 aromatic rings. The van der Waals surface area contributed by atoms with E-state index in [2.05, 4.69) is 5.32 Å². The third-order valence-electron chi connectivity index (χ3n) is 3.85. The van der Waals surface area contributed by atoms with E-state index >= 15 is 0 Å². The highest BCUT2D eigenvalue weighted by atomic mass is 16.5. The van der Waals surface area contributed by atoms with Crippen molar-refractivity contribution in [3.63, 3.8) is 0 Å². The number of benzene rings is 1. The van der Waals surface area contributed by atoms with Gasteiger partial charge in [-0.1, -0.05) is 17.7 Å². The highest BCUT2D eigenvalue weighted by molar-refractivity contribution is 5.85. The fraction of sp³-hybridized carbons (Fsp3) is 0.529. The minimum absolute atomic E-state index is 0.0199. The molecule has 1 heterocycles. The molecule has 0 spiro atoms. The fourth-order valence-electron chi connectivity index (χ4n) is 2.84. The third-order valence-corrected chi connectivity index (χ3v) is 3.85. The molecule has 1 N–H and O–H groups in total. The summed E-state index contributed by atoms with van der Waals surface area (Å²) in [5.41, 5.74) is 3.19. The maximum Gasteiger partial charge on any atom is 0.258 e. The molecule has 22 heavy (non-hydrogen) atoms. The zero-order valence-corrected chi connectivity index (χ0v) is 13.6. The van der Waals surface area contributed by atoms with Crippen LogP contribution in [-0.2, 0) is 9.59 Å². The Morgan fingerprint density at radius 2 is 1.73 bits per heavy atom. The molecule has 0 aliphatic carbocycles. The summed E-state index contributed by atoms with van der Waals surface area (Å²) < 4.78 is 5.61. The number of likely N-dealkylation sites (tertiary alicyclic amines) is 1. The van der Waals surface area contributed by atoms with Crippen molar-refractivity contribution >= 4 is 11.8 Å². The van der Waals surface area contributed by atoms with Crippen LogP contribution in [0, 0.1) is 20.8 Å². The van der Waals surface area contributed by atoms with E-state index in [9.17, 15) is 9.59 Å². The number of nitrogens with zero attached hydrogens (tertiary/aromatic N) is 1. The topological polar surface area (TPSA) is 58.6 Å². The summed E-state index contributed by atoms with van der Waals surface area (Å²) in [5.74, 6) is 0.451. The number of amides is 2. The van der Waals surface area contributed by atoms with Gasteiger partial charge in [-0.25, -0.2) is 0 Å². The summed E-state index contributed by atoms with van der Waals surface area (Å²) in [6.45, 7) is 7.53. The number of carbonyl (C=O) groups excluding carboxylic acids is 2. The average Bonchev–Trinajstić information content (AvgIpc) is 2.97. The van der Waals surface area contributed by atoms with E-state index in [4.69, 9.17) is 4.74 Å². The van der Waals surface area contributed by atoms with E-state index in [1.54, 1.807) is 4.90 Å². The van der Waals surface area contributed by atoms with E-state index in [1.807, 2.05) is 32.9 Å². The maximum atomic E-state index is 11.8. The lowest BCUT2D eigenvalue weighted by molar-refractivity contribution is -0.132. The number of carbonyl (C=O) groups is 2. The van der Waals surface area contributed by atoms with Crippen molar-refractivity contribution in [3.8, 4) is 5.75 Å². The molecule has 2 amide bonds. The van der Waals surface area contributed by atoms with Crippen LogP contribution in [0.25, 0.3) is 0 Å². The van der Waals surface area contributed by atoms with Crippen molar-refractivity contribution in [1.82, 2.24) is 10.2 Å². The summed E-state index contributed by atoms with van der Waals surface area (Å²) in [6, 6.07) is 4.05. The highest BCUT2D eigenvalue weighted by Crippen LogP contribution is 2.24. The summed E-state index contributed by atoms with van der Waals surface area (Å²) in [4.78, 5) is 25.4. The summed E-state index contributed by atoms with van der Waals surface area (Å²) in [6.07, 6.45) is 2.10. The SMILES string of the molecule is Cc1cc(C)c(OCC(=O)NCC(=O)N2CCCC2)c(C)c1. The van der Waals surface area contributed by atoms with E-state index in [0.717, 1.165) is 42.8 Å². The van der Waals surface area contributed by atoms with Gasteiger partial charge in [0.15, 0.2) is 6.61 Å². The summed E-state index contributed by atoms with van der Waals surface area (Å²) in [5, 5.41) is 2.62. The molecular weight excluding hydrogens is 280 g/mol. The van der Waals surface area contributed by atoms with Crippen molar-refractivity contribution in [2.24, 2.45) is 0 Å². The number of rotatable bonds is 5. The second-order valence-corrected chi connectivity index (χ2v) is 5.88. The second-order valence-electron chi connectivity index (χ2n) is 5.88. The van der Waals surface area contributed by atoms with Gasteiger partial charge in [0.1, 0.15) is 5.75 Å². The van der Waals surface area contributed by atoms with Crippen molar-refractivity contribution in [2.75, 3.05) is 26.2 Å². The van der Waals surface area contributed by atoms with Crippen LogP contribution in [-0.4, -0.2) is 43.0 Å². The smallest absolute Gasteiger partial charge is 0.258 e. The molecule has 1 aliphatic heterocycles. The van der Waals surface area contributed by atoms with Crippen LogP contribution in [0.4, 0.5) is 0 Å². The number of nitrogens with one attached hydrogen (secondary N) is 1. The Kier molecular flexibility index (Phi) is 5.41. The van der Waals surface area contributed by atoms with E-state index in [1.165, 1.54) is 5.56 Å². The van der Waals surface area contributed by atoms with Crippen LogP contribution < -0.4 is 10.1 Å². The zero-order chi connectivity index (χ0) is 16.1. The average molecular weight is 304 g/mol. The molecule has 0 unspecified atom stereocenters. The Labute approximate surface area is 131 Å². The second kappa shape index (κ2) is 7.29. The molecule has 5 heteroatoms. The van der Waals surface area contributed by atoms with Gasteiger partial charge in [0.05, 0.1) is 6.54 Å². The maximum absolute atomic E-state index is 11.8. The molecule has 120 valence electrons.